The maximum atomic E-state index is 12.5. The molecule has 1 heterocycles. The monoisotopic (exact) mass is 384 g/mol. The summed E-state index contributed by atoms with van der Waals surface area (Å²) < 4.78 is 0. The van der Waals surface area contributed by atoms with Crippen molar-refractivity contribution in [3.63, 3.8) is 0 Å². The Hall–Kier alpha value is -2.16. The number of hydrogen-bond donors (Lipinski definition) is 5. The van der Waals surface area contributed by atoms with Crippen molar-refractivity contribution in [2.75, 3.05) is 13.1 Å². The third-order valence-electron chi connectivity index (χ3n) is 4.84. The van der Waals surface area contributed by atoms with E-state index in [-0.39, 0.29) is 30.3 Å². The molecule has 1 rings (SSSR count). The highest BCUT2D eigenvalue weighted by atomic mass is 16.4. The average Bonchev–Trinajstić information content (AvgIpc) is 3.15. The molecule has 154 valence electrons. The normalized spacial score (nSPS) is 19.8. The number of carboxylic acids is 1. The summed E-state index contributed by atoms with van der Waals surface area (Å²) in [5.74, 6) is -2.78. The first-order valence-electron chi connectivity index (χ1n) is 9.51. The van der Waals surface area contributed by atoms with Crippen molar-refractivity contribution in [2.24, 2.45) is 11.8 Å². The SMILES string of the molecule is CCC(C)C(NC(=O)C1CCCN1)C(=O)NCC(=O)NC(C(=O)O)C(C)C. The Morgan fingerprint density at radius 1 is 1.11 bits per heavy atom. The molecule has 27 heavy (non-hydrogen) atoms. The first kappa shape index (κ1) is 22.9. The number of carbonyl (C=O) groups is 4. The quantitative estimate of drug-likeness (QED) is 0.348. The van der Waals surface area contributed by atoms with Crippen molar-refractivity contribution in [2.45, 2.75) is 65.1 Å². The van der Waals surface area contributed by atoms with Crippen LogP contribution in [0, 0.1) is 11.8 Å². The fourth-order valence-electron chi connectivity index (χ4n) is 2.88. The topological polar surface area (TPSA) is 137 Å². The standard InChI is InChI=1S/C18H32N4O5/c1-5-11(4)15(22-16(24)12-7-6-8-19-12)17(25)20-9-13(23)21-14(10(2)3)18(26)27/h10-12,14-15,19H,5-9H2,1-4H3,(H,20,25)(H,21,23)(H,22,24)(H,26,27). The van der Waals surface area contributed by atoms with Crippen molar-refractivity contribution in [1.82, 2.24) is 21.3 Å². The molecule has 4 unspecified atom stereocenters. The molecule has 0 aromatic rings. The molecule has 0 spiro atoms. The van der Waals surface area contributed by atoms with Crippen LogP contribution >= 0.6 is 0 Å². The number of rotatable bonds is 10. The first-order valence-corrected chi connectivity index (χ1v) is 9.51. The zero-order valence-electron chi connectivity index (χ0n) is 16.5. The molecule has 9 nitrogen and oxygen atoms in total. The van der Waals surface area contributed by atoms with Gasteiger partial charge in [-0.25, -0.2) is 4.79 Å². The molecule has 0 aromatic heterocycles. The Labute approximate surface area is 160 Å². The number of aliphatic carboxylic acids is 1. The van der Waals surface area contributed by atoms with E-state index in [4.69, 9.17) is 5.11 Å². The Bertz CT molecular complexity index is 546. The van der Waals surface area contributed by atoms with Gasteiger partial charge in [-0.15, -0.1) is 0 Å². The molecule has 3 amide bonds. The molecule has 0 radical (unpaired) electrons. The second kappa shape index (κ2) is 10.9. The second-order valence-electron chi connectivity index (χ2n) is 7.37. The maximum absolute atomic E-state index is 12.5. The van der Waals surface area contributed by atoms with Crippen LogP contribution in [-0.2, 0) is 19.2 Å². The van der Waals surface area contributed by atoms with E-state index in [0.717, 1.165) is 19.4 Å². The number of carbonyl (C=O) groups excluding carboxylic acids is 3. The Kier molecular flexibility index (Phi) is 9.20. The number of hydrogen-bond acceptors (Lipinski definition) is 5. The van der Waals surface area contributed by atoms with E-state index < -0.39 is 29.9 Å². The van der Waals surface area contributed by atoms with Gasteiger partial charge < -0.3 is 26.4 Å². The molecule has 1 aliphatic rings. The van der Waals surface area contributed by atoms with E-state index in [2.05, 4.69) is 21.3 Å². The van der Waals surface area contributed by atoms with E-state index in [0.29, 0.717) is 6.42 Å². The van der Waals surface area contributed by atoms with Gasteiger partial charge in [-0.05, 0) is 31.2 Å². The van der Waals surface area contributed by atoms with E-state index in [9.17, 15) is 19.2 Å². The van der Waals surface area contributed by atoms with Gasteiger partial charge in [-0.1, -0.05) is 34.1 Å². The molecular formula is C18H32N4O5. The lowest BCUT2D eigenvalue weighted by Crippen LogP contribution is -2.55. The summed E-state index contributed by atoms with van der Waals surface area (Å²) in [6.45, 7) is 7.56. The Morgan fingerprint density at radius 3 is 2.26 bits per heavy atom. The largest absolute Gasteiger partial charge is 0.480 e. The van der Waals surface area contributed by atoms with E-state index in [1.807, 2.05) is 13.8 Å². The summed E-state index contributed by atoms with van der Waals surface area (Å²) >= 11 is 0. The van der Waals surface area contributed by atoms with Gasteiger partial charge in [0.25, 0.3) is 0 Å². The van der Waals surface area contributed by atoms with Gasteiger partial charge in [0.05, 0.1) is 12.6 Å². The molecular weight excluding hydrogens is 352 g/mol. The van der Waals surface area contributed by atoms with Crippen LogP contribution in [0.3, 0.4) is 0 Å². The smallest absolute Gasteiger partial charge is 0.326 e. The van der Waals surface area contributed by atoms with Crippen LogP contribution in [-0.4, -0.2) is 60.0 Å². The molecule has 0 aromatic carbocycles. The molecule has 1 aliphatic heterocycles. The molecule has 0 saturated carbocycles. The Morgan fingerprint density at radius 2 is 1.78 bits per heavy atom. The highest BCUT2D eigenvalue weighted by Crippen LogP contribution is 2.11. The van der Waals surface area contributed by atoms with Gasteiger partial charge in [0, 0.05) is 0 Å². The van der Waals surface area contributed by atoms with Crippen molar-refractivity contribution in [3.05, 3.63) is 0 Å². The predicted octanol–water partition coefficient (Wildman–Crippen LogP) is -0.389. The fourth-order valence-corrected chi connectivity index (χ4v) is 2.88. The fraction of sp³-hybridized carbons (Fsp3) is 0.778. The minimum atomic E-state index is -1.13. The zero-order chi connectivity index (χ0) is 20.6. The first-order chi connectivity index (χ1) is 12.7. The molecule has 4 atom stereocenters. The van der Waals surface area contributed by atoms with Crippen molar-refractivity contribution in [1.29, 1.82) is 0 Å². The van der Waals surface area contributed by atoms with Crippen molar-refractivity contribution < 1.29 is 24.3 Å². The highest BCUT2D eigenvalue weighted by Gasteiger charge is 2.30. The van der Waals surface area contributed by atoms with Crippen LogP contribution in [0.5, 0.6) is 0 Å². The summed E-state index contributed by atoms with van der Waals surface area (Å²) in [6, 6.07) is -2.07. The molecule has 1 saturated heterocycles. The second-order valence-corrected chi connectivity index (χ2v) is 7.37. The summed E-state index contributed by atoms with van der Waals surface area (Å²) in [5.41, 5.74) is 0. The Balaban J connectivity index is 2.61. The van der Waals surface area contributed by atoms with Gasteiger partial charge in [0.1, 0.15) is 12.1 Å². The van der Waals surface area contributed by atoms with Gasteiger partial charge >= 0.3 is 5.97 Å². The minimum Gasteiger partial charge on any atom is -0.480 e. The van der Waals surface area contributed by atoms with Crippen LogP contribution in [0.4, 0.5) is 0 Å². The molecule has 0 aliphatic carbocycles. The lowest BCUT2D eigenvalue weighted by atomic mass is 9.97. The van der Waals surface area contributed by atoms with Crippen LogP contribution < -0.4 is 21.3 Å². The minimum absolute atomic E-state index is 0.110. The van der Waals surface area contributed by atoms with Gasteiger partial charge in [0.15, 0.2) is 0 Å². The van der Waals surface area contributed by atoms with E-state index in [1.54, 1.807) is 13.8 Å². The lowest BCUT2D eigenvalue weighted by molar-refractivity contribution is -0.143. The summed E-state index contributed by atoms with van der Waals surface area (Å²) in [7, 11) is 0. The van der Waals surface area contributed by atoms with Crippen molar-refractivity contribution >= 4 is 23.7 Å². The molecule has 9 heteroatoms. The number of carboxylic acid groups (broad SMARTS) is 1. The molecule has 1 fully saturated rings. The third-order valence-corrected chi connectivity index (χ3v) is 4.84. The summed E-state index contributed by atoms with van der Waals surface area (Å²) in [4.78, 5) is 47.9. The van der Waals surface area contributed by atoms with Crippen molar-refractivity contribution in [3.8, 4) is 0 Å². The molecule has 0 bridgehead atoms. The van der Waals surface area contributed by atoms with Crippen LogP contribution in [0.1, 0.15) is 47.0 Å². The molecule has 5 N–H and O–H groups in total. The van der Waals surface area contributed by atoms with Crippen LogP contribution in [0.2, 0.25) is 0 Å². The lowest BCUT2D eigenvalue weighted by Gasteiger charge is -2.25. The van der Waals surface area contributed by atoms with Gasteiger partial charge in [-0.2, -0.15) is 0 Å². The predicted molar refractivity (Wildman–Crippen MR) is 99.8 cm³/mol. The van der Waals surface area contributed by atoms with E-state index >= 15 is 0 Å². The number of amides is 3. The van der Waals surface area contributed by atoms with Gasteiger partial charge in [0.2, 0.25) is 17.7 Å². The summed E-state index contributed by atoms with van der Waals surface area (Å²) in [5, 5.41) is 19.9. The highest BCUT2D eigenvalue weighted by molar-refractivity contribution is 5.92. The van der Waals surface area contributed by atoms with E-state index in [1.165, 1.54) is 0 Å². The number of nitrogens with one attached hydrogen (secondary N) is 4. The zero-order valence-corrected chi connectivity index (χ0v) is 16.5. The van der Waals surface area contributed by atoms with Gasteiger partial charge in [-0.3, -0.25) is 14.4 Å². The van der Waals surface area contributed by atoms with Crippen LogP contribution in [0.25, 0.3) is 0 Å². The summed E-state index contributed by atoms with van der Waals surface area (Å²) in [6.07, 6.45) is 2.32. The third kappa shape index (κ3) is 7.16. The van der Waals surface area contributed by atoms with Crippen LogP contribution in [0.15, 0.2) is 0 Å². The maximum Gasteiger partial charge on any atom is 0.326 e. The average molecular weight is 384 g/mol.